The summed E-state index contributed by atoms with van der Waals surface area (Å²) in [6.45, 7) is 4.67. The number of carbonyl (C=O) groups excluding carboxylic acids is 2. The van der Waals surface area contributed by atoms with Gasteiger partial charge in [0.05, 0.1) is 0 Å². The minimum absolute atomic E-state index is 0.0244. The molecular formula is C27H29N3O2. The normalized spacial score (nSPS) is 15.6. The van der Waals surface area contributed by atoms with Crippen molar-refractivity contribution in [2.75, 3.05) is 23.8 Å². The molecule has 0 saturated carbocycles. The number of benzene rings is 3. The van der Waals surface area contributed by atoms with E-state index < -0.39 is 0 Å². The van der Waals surface area contributed by atoms with Crippen molar-refractivity contribution in [3.05, 3.63) is 94.5 Å². The topological polar surface area (TPSA) is 61.4 Å². The zero-order valence-electron chi connectivity index (χ0n) is 18.8. The molecule has 0 radical (unpaired) electrons. The highest BCUT2D eigenvalue weighted by molar-refractivity contribution is 6.08. The Morgan fingerprint density at radius 1 is 0.969 bits per heavy atom. The van der Waals surface area contributed by atoms with Gasteiger partial charge in [-0.3, -0.25) is 9.59 Å². The van der Waals surface area contributed by atoms with E-state index >= 15 is 0 Å². The average Bonchev–Trinajstić information content (AvgIpc) is 2.98. The van der Waals surface area contributed by atoms with Crippen LogP contribution in [-0.4, -0.2) is 25.4 Å². The molecule has 3 aromatic rings. The van der Waals surface area contributed by atoms with Gasteiger partial charge in [-0.15, -0.1) is 0 Å². The number of anilines is 2. The van der Waals surface area contributed by atoms with Crippen LogP contribution in [0.2, 0.25) is 0 Å². The fourth-order valence-electron chi connectivity index (χ4n) is 4.32. The predicted molar refractivity (Wildman–Crippen MR) is 129 cm³/mol. The molecule has 1 unspecified atom stereocenters. The second-order valence-corrected chi connectivity index (χ2v) is 8.35. The molecule has 2 N–H and O–H groups in total. The van der Waals surface area contributed by atoms with E-state index in [1.54, 1.807) is 30.3 Å². The molecule has 0 fully saturated rings. The molecule has 0 bridgehead atoms. The molecule has 2 amide bonds. The lowest BCUT2D eigenvalue weighted by Crippen LogP contribution is -2.31. The van der Waals surface area contributed by atoms with Crippen LogP contribution in [0.5, 0.6) is 0 Å². The predicted octanol–water partition coefficient (Wildman–Crippen LogP) is 5.26. The van der Waals surface area contributed by atoms with Crippen molar-refractivity contribution < 1.29 is 9.59 Å². The van der Waals surface area contributed by atoms with Gasteiger partial charge >= 0.3 is 0 Å². The van der Waals surface area contributed by atoms with E-state index in [0.717, 1.165) is 24.1 Å². The molecule has 0 saturated heterocycles. The van der Waals surface area contributed by atoms with Gasteiger partial charge in [0.15, 0.2) is 0 Å². The van der Waals surface area contributed by atoms with Gasteiger partial charge in [0.25, 0.3) is 11.8 Å². The largest absolute Gasteiger partial charge is 0.322 e. The number of carbonyl (C=O) groups is 2. The van der Waals surface area contributed by atoms with Crippen molar-refractivity contribution in [2.24, 2.45) is 0 Å². The Bertz CT molecular complexity index is 1140. The van der Waals surface area contributed by atoms with E-state index in [4.69, 9.17) is 0 Å². The van der Waals surface area contributed by atoms with Crippen LogP contribution in [-0.2, 0) is 0 Å². The van der Waals surface area contributed by atoms with Gasteiger partial charge in [-0.1, -0.05) is 35.9 Å². The van der Waals surface area contributed by atoms with Crippen LogP contribution in [0.4, 0.5) is 11.4 Å². The van der Waals surface area contributed by atoms with Crippen molar-refractivity contribution >= 4 is 23.2 Å². The fourth-order valence-corrected chi connectivity index (χ4v) is 4.32. The highest BCUT2D eigenvalue weighted by Gasteiger charge is 2.26. The molecule has 0 aromatic heterocycles. The van der Waals surface area contributed by atoms with Crippen molar-refractivity contribution in [3.8, 4) is 0 Å². The molecule has 32 heavy (non-hydrogen) atoms. The molecule has 1 aliphatic rings. The number of hydrogen-bond acceptors (Lipinski definition) is 3. The van der Waals surface area contributed by atoms with Gasteiger partial charge in [0.1, 0.15) is 0 Å². The van der Waals surface area contributed by atoms with Crippen LogP contribution >= 0.6 is 0 Å². The first-order valence-corrected chi connectivity index (χ1v) is 11.0. The van der Waals surface area contributed by atoms with Crippen molar-refractivity contribution in [2.45, 2.75) is 32.7 Å². The lowest BCUT2D eigenvalue weighted by Gasteiger charge is -2.25. The van der Waals surface area contributed by atoms with E-state index in [9.17, 15) is 9.59 Å². The number of rotatable bonds is 4. The Hall–Kier alpha value is -3.44. The second-order valence-electron chi connectivity index (χ2n) is 8.35. The van der Waals surface area contributed by atoms with Gasteiger partial charge < -0.3 is 15.5 Å². The summed E-state index contributed by atoms with van der Waals surface area (Å²) in [7, 11) is 1.97. The third-order valence-electron chi connectivity index (χ3n) is 6.10. The molecule has 5 heteroatoms. The third kappa shape index (κ3) is 4.43. The molecule has 1 aliphatic heterocycles. The number of aryl methyl sites for hydroxylation is 2. The number of amides is 2. The van der Waals surface area contributed by atoms with Crippen LogP contribution in [0.1, 0.15) is 56.3 Å². The molecular weight excluding hydrogens is 398 g/mol. The molecule has 1 heterocycles. The smallest absolute Gasteiger partial charge is 0.258 e. The third-order valence-corrected chi connectivity index (χ3v) is 6.10. The summed E-state index contributed by atoms with van der Waals surface area (Å²) in [5, 5.41) is 6.31. The van der Waals surface area contributed by atoms with E-state index in [-0.39, 0.29) is 17.9 Å². The number of nitrogens with zero attached hydrogens (tertiary/aromatic N) is 1. The molecule has 1 atom stereocenters. The molecule has 0 spiro atoms. The summed E-state index contributed by atoms with van der Waals surface area (Å²) in [5.74, 6) is -0.180. The van der Waals surface area contributed by atoms with Crippen LogP contribution in [0.25, 0.3) is 0 Å². The Balaban J connectivity index is 1.55. The fraction of sp³-hybridized carbons (Fsp3) is 0.259. The zero-order chi connectivity index (χ0) is 22.7. The van der Waals surface area contributed by atoms with Gasteiger partial charge in [0, 0.05) is 35.1 Å². The zero-order valence-corrected chi connectivity index (χ0v) is 18.8. The van der Waals surface area contributed by atoms with Crippen molar-refractivity contribution in [3.63, 3.8) is 0 Å². The van der Waals surface area contributed by atoms with Gasteiger partial charge in [-0.05, 0) is 81.3 Å². The Morgan fingerprint density at radius 2 is 1.72 bits per heavy atom. The van der Waals surface area contributed by atoms with E-state index in [1.807, 2.05) is 37.1 Å². The number of hydrogen-bond donors (Lipinski definition) is 2. The summed E-state index contributed by atoms with van der Waals surface area (Å²) in [6.07, 6.45) is 1.91. The first-order valence-electron chi connectivity index (χ1n) is 11.0. The first-order chi connectivity index (χ1) is 15.5. The number of fused-ring (bicyclic) bond motifs is 1. The first kappa shape index (κ1) is 21.8. The molecule has 3 aromatic carbocycles. The Kier molecular flexibility index (Phi) is 6.37. The highest BCUT2D eigenvalue weighted by Crippen LogP contribution is 2.34. The lowest BCUT2D eigenvalue weighted by atomic mass is 9.99. The van der Waals surface area contributed by atoms with Gasteiger partial charge in [-0.2, -0.15) is 0 Å². The maximum Gasteiger partial charge on any atom is 0.258 e. The standard InChI is InChI=1S/C27H29N3O2/c1-18-10-15-25-23(17-18)24(28-3)9-6-16-30(25)27(32)20-11-13-21(14-12-20)29-26(31)22-8-5-4-7-19(22)2/h4-5,7-8,10-15,17,24,28H,6,9,16H2,1-3H3,(H,29,31). The van der Waals surface area contributed by atoms with Gasteiger partial charge in [0.2, 0.25) is 0 Å². The summed E-state index contributed by atoms with van der Waals surface area (Å²) >= 11 is 0. The summed E-state index contributed by atoms with van der Waals surface area (Å²) in [5.41, 5.74) is 6.15. The minimum atomic E-state index is -0.155. The van der Waals surface area contributed by atoms with Crippen LogP contribution in [0.15, 0.2) is 66.7 Å². The number of nitrogens with one attached hydrogen (secondary N) is 2. The summed E-state index contributed by atoms with van der Waals surface area (Å²) in [4.78, 5) is 27.9. The molecule has 5 nitrogen and oxygen atoms in total. The van der Waals surface area contributed by atoms with E-state index in [1.165, 1.54) is 11.1 Å². The van der Waals surface area contributed by atoms with Gasteiger partial charge in [-0.25, -0.2) is 0 Å². The lowest BCUT2D eigenvalue weighted by molar-refractivity contribution is 0.0985. The van der Waals surface area contributed by atoms with Crippen LogP contribution in [0.3, 0.4) is 0 Å². The molecule has 4 rings (SSSR count). The maximum absolute atomic E-state index is 13.4. The highest BCUT2D eigenvalue weighted by atomic mass is 16.2. The van der Waals surface area contributed by atoms with E-state index in [0.29, 0.717) is 23.4 Å². The van der Waals surface area contributed by atoms with E-state index in [2.05, 4.69) is 35.8 Å². The monoisotopic (exact) mass is 427 g/mol. The van der Waals surface area contributed by atoms with Crippen molar-refractivity contribution in [1.29, 1.82) is 0 Å². The summed E-state index contributed by atoms with van der Waals surface area (Å²) in [6, 6.07) is 21.1. The molecule has 164 valence electrons. The van der Waals surface area contributed by atoms with Crippen LogP contribution in [0, 0.1) is 13.8 Å². The Morgan fingerprint density at radius 3 is 2.44 bits per heavy atom. The summed E-state index contributed by atoms with van der Waals surface area (Å²) < 4.78 is 0. The molecule has 0 aliphatic carbocycles. The van der Waals surface area contributed by atoms with Crippen molar-refractivity contribution in [1.82, 2.24) is 5.32 Å². The SMILES string of the molecule is CNC1CCCN(C(=O)c2ccc(NC(=O)c3ccccc3C)cc2)c2ccc(C)cc21. The second kappa shape index (κ2) is 9.37. The maximum atomic E-state index is 13.4. The van der Waals surface area contributed by atoms with Crippen LogP contribution < -0.4 is 15.5 Å². The Labute approximate surface area is 189 Å². The average molecular weight is 428 g/mol. The minimum Gasteiger partial charge on any atom is -0.322 e. The quantitative estimate of drug-likeness (QED) is 0.597.